The fourth-order valence-electron chi connectivity index (χ4n) is 2.37. The minimum Gasteiger partial charge on any atom is -0.325 e. The summed E-state index contributed by atoms with van der Waals surface area (Å²) in [6.07, 6.45) is -4.67. The van der Waals surface area contributed by atoms with Crippen molar-refractivity contribution in [2.45, 2.75) is 18.0 Å². The van der Waals surface area contributed by atoms with Crippen LogP contribution in [0.5, 0.6) is 0 Å². The lowest BCUT2D eigenvalue weighted by atomic mass is 10.1. The molecule has 0 aliphatic rings. The van der Waals surface area contributed by atoms with Gasteiger partial charge in [-0.2, -0.15) is 17.5 Å². The van der Waals surface area contributed by atoms with E-state index in [1.165, 1.54) is 31.3 Å². The molecule has 0 aromatic heterocycles. The zero-order valence-electron chi connectivity index (χ0n) is 15.4. The van der Waals surface area contributed by atoms with Crippen LogP contribution >= 0.6 is 0 Å². The largest absolute Gasteiger partial charge is 0.416 e. The minimum absolute atomic E-state index is 0.0340. The Morgan fingerprint density at radius 2 is 1.62 bits per heavy atom. The molecule has 156 valence electrons. The zero-order valence-corrected chi connectivity index (χ0v) is 16.3. The van der Waals surface area contributed by atoms with E-state index in [-0.39, 0.29) is 16.3 Å². The number of halogens is 3. The molecule has 7 nitrogen and oxygen atoms in total. The Bertz CT molecular complexity index is 1010. The van der Waals surface area contributed by atoms with Crippen LogP contribution in [-0.2, 0) is 25.8 Å². The summed E-state index contributed by atoms with van der Waals surface area (Å²) in [4.78, 5) is 23.5. The van der Waals surface area contributed by atoms with Gasteiger partial charge < -0.3 is 10.6 Å². The second-order valence-corrected chi connectivity index (χ2v) is 8.11. The van der Waals surface area contributed by atoms with E-state index in [4.69, 9.17) is 0 Å². The summed E-state index contributed by atoms with van der Waals surface area (Å²) in [5, 5.41) is 4.54. The van der Waals surface area contributed by atoms with Gasteiger partial charge in [-0.05, 0) is 30.3 Å². The van der Waals surface area contributed by atoms with Crippen molar-refractivity contribution in [3.8, 4) is 0 Å². The molecule has 0 atom stereocenters. The molecule has 2 aromatic carbocycles. The predicted octanol–water partition coefficient (Wildman–Crippen LogP) is 2.92. The molecule has 2 rings (SSSR count). The third kappa shape index (κ3) is 5.78. The van der Waals surface area contributed by atoms with E-state index in [0.717, 1.165) is 23.4 Å². The van der Waals surface area contributed by atoms with E-state index in [9.17, 15) is 31.2 Å². The molecule has 29 heavy (non-hydrogen) atoms. The highest BCUT2D eigenvalue weighted by Gasteiger charge is 2.31. The van der Waals surface area contributed by atoms with Crippen molar-refractivity contribution in [1.29, 1.82) is 0 Å². The molecule has 0 bridgehead atoms. The molecule has 2 amide bonds. The Labute approximate surface area is 165 Å². The van der Waals surface area contributed by atoms with Gasteiger partial charge in [-0.15, -0.1) is 0 Å². The number of nitrogens with zero attached hydrogens (tertiary/aromatic N) is 1. The number of hydrogen-bond acceptors (Lipinski definition) is 4. The van der Waals surface area contributed by atoms with Crippen LogP contribution in [0.25, 0.3) is 0 Å². The number of rotatable bonds is 6. The lowest BCUT2D eigenvalue weighted by Gasteiger charge is -2.18. The van der Waals surface area contributed by atoms with Crippen molar-refractivity contribution in [3.63, 3.8) is 0 Å². The van der Waals surface area contributed by atoms with Gasteiger partial charge in [0.25, 0.3) is 0 Å². The van der Waals surface area contributed by atoms with E-state index in [2.05, 4.69) is 10.6 Å². The standard InChI is InChI=1S/C18H18F3N3O4S/c1-12(25)22-15-9-8-13(18(19,20)21)10-16(15)23-17(26)11-24(2)29(27,28)14-6-4-3-5-7-14/h3-10H,11H2,1-2H3,(H,22,25)(H,23,26). The number of anilines is 2. The average Bonchev–Trinajstić information content (AvgIpc) is 2.62. The van der Waals surface area contributed by atoms with Crippen LogP contribution in [0.4, 0.5) is 24.5 Å². The summed E-state index contributed by atoms with van der Waals surface area (Å²) in [5.74, 6) is -1.43. The minimum atomic E-state index is -4.67. The van der Waals surface area contributed by atoms with Crippen LogP contribution in [0.2, 0.25) is 0 Å². The Hall–Kier alpha value is -2.92. The summed E-state index contributed by atoms with van der Waals surface area (Å²) in [6.45, 7) is 0.510. The van der Waals surface area contributed by atoms with Crippen LogP contribution in [0.1, 0.15) is 12.5 Å². The van der Waals surface area contributed by atoms with Gasteiger partial charge in [0.05, 0.1) is 28.4 Å². The number of amides is 2. The second-order valence-electron chi connectivity index (χ2n) is 6.06. The van der Waals surface area contributed by atoms with Gasteiger partial charge in [0, 0.05) is 14.0 Å². The molecule has 0 aliphatic carbocycles. The summed E-state index contributed by atoms with van der Waals surface area (Å²) in [7, 11) is -2.79. The molecule has 2 N–H and O–H groups in total. The fraction of sp³-hybridized carbons (Fsp3) is 0.222. The van der Waals surface area contributed by atoms with Crippen molar-refractivity contribution in [2.24, 2.45) is 0 Å². The van der Waals surface area contributed by atoms with Crippen LogP contribution < -0.4 is 10.6 Å². The van der Waals surface area contributed by atoms with Crippen molar-refractivity contribution in [2.75, 3.05) is 24.2 Å². The zero-order chi connectivity index (χ0) is 21.8. The first-order valence-corrected chi connectivity index (χ1v) is 9.65. The van der Waals surface area contributed by atoms with E-state index in [1.54, 1.807) is 6.07 Å². The van der Waals surface area contributed by atoms with Crippen molar-refractivity contribution in [3.05, 3.63) is 54.1 Å². The van der Waals surface area contributed by atoms with E-state index in [0.29, 0.717) is 6.07 Å². The number of likely N-dealkylation sites (N-methyl/N-ethyl adjacent to an activating group) is 1. The van der Waals surface area contributed by atoms with Gasteiger partial charge >= 0.3 is 6.18 Å². The van der Waals surface area contributed by atoms with Crippen LogP contribution in [-0.4, -0.2) is 38.1 Å². The Morgan fingerprint density at radius 1 is 1.00 bits per heavy atom. The summed E-state index contributed by atoms with van der Waals surface area (Å²) in [5.41, 5.74) is -1.38. The van der Waals surface area contributed by atoms with Gasteiger partial charge in [-0.3, -0.25) is 9.59 Å². The first-order valence-electron chi connectivity index (χ1n) is 8.21. The first-order chi connectivity index (χ1) is 13.4. The van der Waals surface area contributed by atoms with Gasteiger partial charge in [-0.1, -0.05) is 18.2 Å². The topological polar surface area (TPSA) is 95.6 Å². The molecule has 0 spiro atoms. The predicted molar refractivity (Wildman–Crippen MR) is 101 cm³/mol. The molecular formula is C18H18F3N3O4S. The van der Waals surface area contributed by atoms with Gasteiger partial charge in [0.15, 0.2) is 0 Å². The lowest BCUT2D eigenvalue weighted by molar-refractivity contribution is -0.137. The molecule has 0 heterocycles. The Balaban J connectivity index is 2.23. The summed E-state index contributed by atoms with van der Waals surface area (Å²) < 4.78 is 64.6. The highest BCUT2D eigenvalue weighted by atomic mass is 32.2. The maximum Gasteiger partial charge on any atom is 0.416 e. The maximum absolute atomic E-state index is 13.0. The van der Waals surface area contributed by atoms with Gasteiger partial charge in [0.2, 0.25) is 21.8 Å². The molecule has 0 fully saturated rings. The third-order valence-corrected chi connectivity index (χ3v) is 5.57. The fourth-order valence-corrected chi connectivity index (χ4v) is 3.52. The number of sulfonamides is 1. The smallest absolute Gasteiger partial charge is 0.325 e. The lowest BCUT2D eigenvalue weighted by Crippen LogP contribution is -2.35. The molecule has 0 radical (unpaired) electrons. The molecule has 0 saturated heterocycles. The molecular weight excluding hydrogens is 411 g/mol. The molecule has 0 saturated carbocycles. The highest BCUT2D eigenvalue weighted by molar-refractivity contribution is 7.89. The molecule has 2 aromatic rings. The van der Waals surface area contributed by atoms with Crippen molar-refractivity contribution >= 4 is 33.2 Å². The summed E-state index contributed by atoms with van der Waals surface area (Å²) >= 11 is 0. The normalized spacial score (nSPS) is 11.9. The molecule has 11 heteroatoms. The quantitative estimate of drug-likeness (QED) is 0.738. The monoisotopic (exact) mass is 429 g/mol. The number of alkyl halides is 3. The SMILES string of the molecule is CC(=O)Nc1ccc(C(F)(F)F)cc1NC(=O)CN(C)S(=O)(=O)c1ccccc1. The number of hydrogen-bond donors (Lipinski definition) is 2. The Morgan fingerprint density at radius 3 is 2.17 bits per heavy atom. The van der Waals surface area contributed by atoms with E-state index < -0.39 is 40.1 Å². The van der Waals surface area contributed by atoms with E-state index in [1.807, 2.05) is 0 Å². The third-order valence-electron chi connectivity index (χ3n) is 3.75. The average molecular weight is 429 g/mol. The van der Waals surface area contributed by atoms with Gasteiger partial charge in [-0.25, -0.2) is 8.42 Å². The van der Waals surface area contributed by atoms with Gasteiger partial charge in [0.1, 0.15) is 0 Å². The van der Waals surface area contributed by atoms with Crippen LogP contribution in [0, 0.1) is 0 Å². The van der Waals surface area contributed by atoms with E-state index >= 15 is 0 Å². The molecule has 0 unspecified atom stereocenters. The highest BCUT2D eigenvalue weighted by Crippen LogP contribution is 2.34. The van der Waals surface area contributed by atoms with Crippen LogP contribution in [0.3, 0.4) is 0 Å². The number of nitrogens with one attached hydrogen (secondary N) is 2. The van der Waals surface area contributed by atoms with Crippen molar-refractivity contribution < 1.29 is 31.2 Å². The maximum atomic E-state index is 13.0. The summed E-state index contributed by atoms with van der Waals surface area (Å²) in [6, 6.07) is 9.79. The number of carbonyl (C=O) groups is 2. The van der Waals surface area contributed by atoms with Crippen molar-refractivity contribution in [1.82, 2.24) is 4.31 Å². The molecule has 0 aliphatic heterocycles. The first kappa shape index (κ1) is 22.4. The van der Waals surface area contributed by atoms with Crippen LogP contribution in [0.15, 0.2) is 53.4 Å². The number of benzene rings is 2. The Kier molecular flexibility index (Phi) is 6.65. The second kappa shape index (κ2) is 8.62. The number of carbonyl (C=O) groups excluding carboxylic acids is 2.